The molecule has 1 aliphatic heterocycles. The molecule has 6 nitrogen and oxygen atoms in total. The van der Waals surface area contributed by atoms with Crippen molar-refractivity contribution in [2.24, 2.45) is 0 Å². The fraction of sp³-hybridized carbons (Fsp3) is 0.444. The van der Waals surface area contributed by atoms with Crippen molar-refractivity contribution in [3.63, 3.8) is 0 Å². The first-order chi connectivity index (χ1) is 12.8. The molecule has 0 aromatic carbocycles. The van der Waals surface area contributed by atoms with Gasteiger partial charge in [-0.2, -0.15) is 16.1 Å². The minimum atomic E-state index is -3.84. The molecule has 1 saturated heterocycles. The number of carbonyl (C=O) groups excluding carboxylic acids is 1. The van der Waals surface area contributed by atoms with E-state index < -0.39 is 26.8 Å². The smallest absolute Gasteiger partial charge is 0.325 e. The molecule has 3 rings (SSSR count). The van der Waals surface area contributed by atoms with Crippen molar-refractivity contribution in [2.45, 2.75) is 35.3 Å². The molecular formula is C18H22N2O4S3. The van der Waals surface area contributed by atoms with Gasteiger partial charge in [-0.25, -0.2) is 8.42 Å². The Morgan fingerprint density at radius 2 is 2.07 bits per heavy atom. The van der Waals surface area contributed by atoms with Gasteiger partial charge in [0.25, 0.3) is 10.0 Å². The SMILES string of the molecule is COC(=O)[C@@H]1N(S(=O)(=O)c2ccc(-c3ccccn3)s2)CCCSC1(C)C. The molecule has 146 valence electrons. The third-order valence-electron chi connectivity index (χ3n) is 4.43. The lowest BCUT2D eigenvalue weighted by atomic mass is 10.0. The summed E-state index contributed by atoms with van der Waals surface area (Å²) in [6.45, 7) is 4.07. The molecule has 27 heavy (non-hydrogen) atoms. The van der Waals surface area contributed by atoms with E-state index in [4.69, 9.17) is 4.74 Å². The second-order valence-electron chi connectivity index (χ2n) is 6.68. The number of ether oxygens (including phenoxy) is 1. The van der Waals surface area contributed by atoms with Crippen LogP contribution in [-0.4, -0.2) is 53.9 Å². The summed E-state index contributed by atoms with van der Waals surface area (Å²) in [7, 11) is -2.54. The zero-order chi connectivity index (χ0) is 19.7. The zero-order valence-corrected chi connectivity index (χ0v) is 17.9. The van der Waals surface area contributed by atoms with Crippen LogP contribution in [0, 0.1) is 0 Å². The highest BCUT2D eigenvalue weighted by atomic mass is 32.2. The second kappa shape index (κ2) is 7.90. The van der Waals surface area contributed by atoms with Crippen molar-refractivity contribution in [1.82, 2.24) is 9.29 Å². The fourth-order valence-electron chi connectivity index (χ4n) is 3.10. The Hall–Kier alpha value is -1.42. The minimum absolute atomic E-state index is 0.208. The van der Waals surface area contributed by atoms with E-state index in [-0.39, 0.29) is 10.8 Å². The van der Waals surface area contributed by atoms with Gasteiger partial charge in [-0.05, 0) is 50.3 Å². The van der Waals surface area contributed by atoms with Gasteiger partial charge in [0, 0.05) is 17.5 Å². The molecule has 2 aromatic heterocycles. The van der Waals surface area contributed by atoms with Crippen molar-refractivity contribution >= 4 is 39.1 Å². The van der Waals surface area contributed by atoms with Gasteiger partial charge in [0.15, 0.2) is 0 Å². The Morgan fingerprint density at radius 1 is 1.30 bits per heavy atom. The summed E-state index contributed by atoms with van der Waals surface area (Å²) in [6.07, 6.45) is 2.35. The van der Waals surface area contributed by atoms with Gasteiger partial charge in [0.2, 0.25) is 0 Å². The number of aromatic nitrogens is 1. The largest absolute Gasteiger partial charge is 0.468 e. The van der Waals surface area contributed by atoms with Crippen LogP contribution in [0.3, 0.4) is 0 Å². The molecule has 0 saturated carbocycles. The molecule has 0 radical (unpaired) electrons. The van der Waals surface area contributed by atoms with Gasteiger partial charge in [-0.15, -0.1) is 11.3 Å². The van der Waals surface area contributed by atoms with Crippen LogP contribution in [0.1, 0.15) is 20.3 Å². The molecule has 0 spiro atoms. The number of thioether (sulfide) groups is 1. The average molecular weight is 427 g/mol. The number of hydrogen-bond donors (Lipinski definition) is 0. The first-order valence-electron chi connectivity index (χ1n) is 8.52. The highest BCUT2D eigenvalue weighted by Crippen LogP contribution is 2.39. The number of hydrogen-bond acceptors (Lipinski definition) is 7. The van der Waals surface area contributed by atoms with Gasteiger partial charge in [0.1, 0.15) is 10.3 Å². The monoisotopic (exact) mass is 426 g/mol. The second-order valence-corrected chi connectivity index (χ2v) is 11.6. The quantitative estimate of drug-likeness (QED) is 0.699. The van der Waals surface area contributed by atoms with E-state index in [1.54, 1.807) is 30.1 Å². The Bertz CT molecular complexity index is 910. The van der Waals surface area contributed by atoms with Crippen molar-refractivity contribution < 1.29 is 17.9 Å². The average Bonchev–Trinajstić information content (AvgIpc) is 3.09. The summed E-state index contributed by atoms with van der Waals surface area (Å²) in [5.74, 6) is 0.260. The van der Waals surface area contributed by atoms with Gasteiger partial charge in [0.05, 0.1) is 17.7 Å². The topological polar surface area (TPSA) is 76.6 Å². The molecule has 0 N–H and O–H groups in total. The normalized spacial score (nSPS) is 20.8. The van der Waals surface area contributed by atoms with Crippen LogP contribution in [0.15, 0.2) is 40.7 Å². The van der Waals surface area contributed by atoms with Crippen LogP contribution in [0.5, 0.6) is 0 Å². The van der Waals surface area contributed by atoms with Crippen molar-refractivity contribution in [3.8, 4) is 10.6 Å². The number of rotatable bonds is 4. The first kappa shape index (κ1) is 20.3. The molecule has 1 atom stereocenters. The zero-order valence-electron chi connectivity index (χ0n) is 15.4. The Labute approximate surface area is 168 Å². The maximum Gasteiger partial charge on any atom is 0.325 e. The highest BCUT2D eigenvalue weighted by molar-refractivity contribution is 8.00. The van der Waals surface area contributed by atoms with Crippen LogP contribution in [0.4, 0.5) is 0 Å². The first-order valence-corrected chi connectivity index (χ1v) is 11.8. The molecule has 2 aromatic rings. The predicted molar refractivity (Wildman–Crippen MR) is 108 cm³/mol. The Morgan fingerprint density at radius 3 is 2.74 bits per heavy atom. The van der Waals surface area contributed by atoms with Gasteiger partial charge >= 0.3 is 5.97 Å². The summed E-state index contributed by atoms with van der Waals surface area (Å²) in [6, 6.07) is 7.98. The van der Waals surface area contributed by atoms with Crippen LogP contribution in [0.25, 0.3) is 10.6 Å². The van der Waals surface area contributed by atoms with E-state index in [0.717, 1.165) is 27.7 Å². The van der Waals surface area contributed by atoms with Gasteiger partial charge < -0.3 is 4.74 Å². The standard InChI is InChI=1S/C18H22N2O4S3/c1-18(2)16(17(21)24-3)20(11-6-12-25-18)27(22,23)15-9-8-14(26-15)13-7-4-5-10-19-13/h4-5,7-10,16H,6,11-12H2,1-3H3/t16-/m0/s1. The molecule has 0 bridgehead atoms. The van der Waals surface area contributed by atoms with Gasteiger partial charge in [-0.1, -0.05) is 6.07 Å². The van der Waals surface area contributed by atoms with E-state index in [2.05, 4.69) is 4.98 Å². The van der Waals surface area contributed by atoms with E-state index >= 15 is 0 Å². The number of pyridine rings is 1. The third-order valence-corrected chi connectivity index (χ3v) is 9.33. The van der Waals surface area contributed by atoms with Gasteiger partial charge in [-0.3, -0.25) is 9.78 Å². The molecule has 3 heterocycles. The van der Waals surface area contributed by atoms with Crippen molar-refractivity contribution in [1.29, 1.82) is 0 Å². The lowest BCUT2D eigenvalue weighted by Crippen LogP contribution is -2.54. The van der Waals surface area contributed by atoms with E-state index in [1.807, 2.05) is 32.0 Å². The van der Waals surface area contributed by atoms with E-state index in [9.17, 15) is 13.2 Å². The number of thiophene rings is 1. The summed E-state index contributed by atoms with van der Waals surface area (Å²) >= 11 is 2.76. The van der Waals surface area contributed by atoms with E-state index in [0.29, 0.717) is 6.42 Å². The fourth-order valence-corrected chi connectivity index (χ4v) is 7.51. The van der Waals surface area contributed by atoms with E-state index in [1.165, 1.54) is 11.4 Å². The molecule has 0 aliphatic carbocycles. The molecular weight excluding hydrogens is 404 g/mol. The molecule has 1 fully saturated rings. The predicted octanol–water partition coefficient (Wildman–Crippen LogP) is 3.26. The molecule has 9 heteroatoms. The minimum Gasteiger partial charge on any atom is -0.468 e. The Balaban J connectivity index is 2.01. The lowest BCUT2D eigenvalue weighted by molar-refractivity contribution is -0.146. The number of carbonyl (C=O) groups is 1. The van der Waals surface area contributed by atoms with Crippen LogP contribution in [0.2, 0.25) is 0 Å². The van der Waals surface area contributed by atoms with Crippen LogP contribution < -0.4 is 0 Å². The molecule has 0 unspecified atom stereocenters. The number of sulfonamides is 1. The number of nitrogens with zero attached hydrogens (tertiary/aromatic N) is 2. The summed E-state index contributed by atoms with van der Waals surface area (Å²) in [5.41, 5.74) is 0.722. The molecule has 0 amide bonds. The number of methoxy groups -OCH3 is 1. The Kier molecular flexibility index (Phi) is 5.95. The maximum atomic E-state index is 13.4. The van der Waals surface area contributed by atoms with Crippen molar-refractivity contribution in [2.75, 3.05) is 19.4 Å². The summed E-state index contributed by atoms with van der Waals surface area (Å²) in [4.78, 5) is 17.5. The highest BCUT2D eigenvalue weighted by Gasteiger charge is 2.47. The summed E-state index contributed by atoms with van der Waals surface area (Å²) in [5, 5.41) is 0. The van der Waals surface area contributed by atoms with Crippen LogP contribution in [-0.2, 0) is 19.6 Å². The third kappa shape index (κ3) is 4.06. The molecule has 1 aliphatic rings. The van der Waals surface area contributed by atoms with Crippen LogP contribution >= 0.6 is 23.1 Å². The van der Waals surface area contributed by atoms with Crippen molar-refractivity contribution in [3.05, 3.63) is 36.5 Å². The summed E-state index contributed by atoms with van der Waals surface area (Å²) < 4.78 is 32.7. The lowest BCUT2D eigenvalue weighted by Gasteiger charge is -2.36. The maximum absolute atomic E-state index is 13.4. The number of esters is 1.